The summed E-state index contributed by atoms with van der Waals surface area (Å²) in [7, 11) is 0. The topological polar surface area (TPSA) is 86.9 Å². The molecule has 0 saturated heterocycles. The quantitative estimate of drug-likeness (QED) is 0.419. The molecule has 0 aliphatic heterocycles. The Morgan fingerprint density at radius 3 is 2.68 bits per heavy atom. The number of hydrogen-bond donors (Lipinski definition) is 1. The minimum Gasteiger partial charge on any atom is -0.423 e. The highest BCUT2D eigenvalue weighted by molar-refractivity contribution is 7.98. The minimum atomic E-state index is -4.70. The Morgan fingerprint density at radius 1 is 1.32 bits per heavy atom. The van der Waals surface area contributed by atoms with Gasteiger partial charge in [-0.1, -0.05) is 23.4 Å². The number of nitrogens with zero attached hydrogens (tertiary/aromatic N) is 3. The largest absolute Gasteiger partial charge is 0.453 e. The van der Waals surface area contributed by atoms with Gasteiger partial charge in [0, 0.05) is 22.2 Å². The van der Waals surface area contributed by atoms with Crippen LogP contribution in [0.3, 0.4) is 0 Å². The number of aryl methyl sites for hydroxylation is 1. The third kappa shape index (κ3) is 3.45. The highest BCUT2D eigenvalue weighted by atomic mass is 35.5. The average molecular weight is 391 g/mol. The number of rotatable bonds is 3. The molecule has 0 atom stereocenters. The lowest BCUT2D eigenvalue weighted by atomic mass is 10.1. The fourth-order valence-corrected chi connectivity index (χ4v) is 3.19. The number of halogens is 4. The van der Waals surface area contributed by atoms with E-state index >= 15 is 0 Å². The van der Waals surface area contributed by atoms with Gasteiger partial charge in [0.15, 0.2) is 0 Å². The third-order valence-corrected chi connectivity index (χ3v) is 4.78. The highest BCUT2D eigenvalue weighted by Gasteiger charge is 2.38. The van der Waals surface area contributed by atoms with E-state index in [1.54, 1.807) is 19.1 Å². The molecule has 25 heavy (non-hydrogen) atoms. The van der Waals surface area contributed by atoms with Crippen LogP contribution in [0, 0.1) is 6.92 Å². The van der Waals surface area contributed by atoms with Gasteiger partial charge < -0.3 is 10.3 Å². The second-order valence-corrected chi connectivity index (χ2v) is 6.50. The van der Waals surface area contributed by atoms with E-state index in [9.17, 15) is 18.0 Å². The molecule has 0 bridgehead atoms. The number of fused-ring (bicyclic) bond motifs is 1. The van der Waals surface area contributed by atoms with Crippen molar-refractivity contribution in [1.82, 2.24) is 14.9 Å². The molecule has 132 valence electrons. The summed E-state index contributed by atoms with van der Waals surface area (Å²) in [5, 5.41) is 7.41. The minimum absolute atomic E-state index is 0.132. The van der Waals surface area contributed by atoms with Crippen molar-refractivity contribution >= 4 is 34.3 Å². The van der Waals surface area contributed by atoms with Crippen LogP contribution in [0.4, 0.5) is 13.2 Å². The van der Waals surface area contributed by atoms with E-state index in [1.165, 1.54) is 6.07 Å². The van der Waals surface area contributed by atoms with E-state index in [-0.39, 0.29) is 10.9 Å². The summed E-state index contributed by atoms with van der Waals surface area (Å²) in [6.45, 7) is 1.76. The van der Waals surface area contributed by atoms with Gasteiger partial charge in [-0.15, -0.1) is 10.2 Å². The third-order valence-electron chi connectivity index (χ3n) is 3.38. The number of hydrogen-bond acceptors (Lipinski definition) is 6. The number of aromatic nitrogens is 3. The van der Waals surface area contributed by atoms with Crippen LogP contribution in [-0.4, -0.2) is 14.9 Å². The molecule has 1 aromatic carbocycles. The summed E-state index contributed by atoms with van der Waals surface area (Å²) in [6, 6.07) is 4.52. The summed E-state index contributed by atoms with van der Waals surface area (Å²) in [5.41, 5.74) is 1.04. The molecule has 3 rings (SSSR count). The maximum Gasteiger partial charge on any atom is 0.453 e. The number of nitrogens with two attached hydrogens (primary N) is 1. The standard InChI is InChI=1S/C14H10ClF3N4O2S/c1-6-2-10-8(4-9(6)15)7(3-11(23)24-10)5-25-13-21-20-12(22(13)19)14(16,17)18/h2-4H,5,19H2,1H3. The van der Waals surface area contributed by atoms with Crippen LogP contribution in [0.5, 0.6) is 0 Å². The summed E-state index contributed by atoms with van der Waals surface area (Å²) in [6.07, 6.45) is -4.70. The molecule has 0 radical (unpaired) electrons. The maximum atomic E-state index is 12.7. The molecule has 0 fully saturated rings. The van der Waals surface area contributed by atoms with Crippen molar-refractivity contribution in [3.05, 3.63) is 50.6 Å². The van der Waals surface area contributed by atoms with Crippen molar-refractivity contribution in [3.8, 4) is 0 Å². The molecule has 3 aromatic rings. The Kier molecular flexibility index (Phi) is 4.41. The van der Waals surface area contributed by atoms with Crippen molar-refractivity contribution in [2.75, 3.05) is 5.84 Å². The molecule has 2 aromatic heterocycles. The zero-order valence-electron chi connectivity index (χ0n) is 12.6. The summed E-state index contributed by atoms with van der Waals surface area (Å²) < 4.78 is 43.6. The first-order chi connectivity index (χ1) is 11.7. The van der Waals surface area contributed by atoms with Crippen LogP contribution in [0.25, 0.3) is 11.0 Å². The molecule has 0 spiro atoms. The molecular weight excluding hydrogens is 381 g/mol. The van der Waals surface area contributed by atoms with Gasteiger partial charge in [0.1, 0.15) is 5.58 Å². The van der Waals surface area contributed by atoms with Crippen molar-refractivity contribution < 1.29 is 17.6 Å². The van der Waals surface area contributed by atoms with Crippen LogP contribution < -0.4 is 11.5 Å². The number of thioether (sulfide) groups is 1. The monoisotopic (exact) mass is 390 g/mol. The van der Waals surface area contributed by atoms with Crippen LogP contribution in [0.15, 0.2) is 32.6 Å². The first kappa shape index (κ1) is 17.6. The number of nitrogen functional groups attached to an aromatic ring is 1. The van der Waals surface area contributed by atoms with E-state index in [1.807, 2.05) is 0 Å². The lowest BCUT2D eigenvalue weighted by molar-refractivity contribution is -0.146. The van der Waals surface area contributed by atoms with Gasteiger partial charge in [0.25, 0.3) is 5.82 Å². The fourth-order valence-electron chi connectivity index (χ4n) is 2.18. The molecule has 0 unspecified atom stereocenters. The zero-order valence-corrected chi connectivity index (χ0v) is 14.2. The van der Waals surface area contributed by atoms with Crippen molar-refractivity contribution in [1.29, 1.82) is 0 Å². The normalized spacial score (nSPS) is 12.0. The van der Waals surface area contributed by atoms with Crippen LogP contribution in [-0.2, 0) is 11.9 Å². The molecule has 2 heterocycles. The zero-order chi connectivity index (χ0) is 18.4. The molecular formula is C14H10ClF3N4O2S. The van der Waals surface area contributed by atoms with E-state index < -0.39 is 17.6 Å². The first-order valence-corrected chi connectivity index (χ1v) is 8.16. The molecule has 6 nitrogen and oxygen atoms in total. The molecule has 0 aliphatic carbocycles. The SMILES string of the molecule is Cc1cc2oc(=O)cc(CSc3nnc(C(F)(F)F)n3N)c2cc1Cl. The Morgan fingerprint density at radius 2 is 2.04 bits per heavy atom. The highest BCUT2D eigenvalue weighted by Crippen LogP contribution is 2.31. The van der Waals surface area contributed by atoms with E-state index in [0.717, 1.165) is 17.3 Å². The van der Waals surface area contributed by atoms with Gasteiger partial charge >= 0.3 is 11.8 Å². The fraction of sp³-hybridized carbons (Fsp3) is 0.214. The van der Waals surface area contributed by atoms with E-state index in [2.05, 4.69) is 10.2 Å². The van der Waals surface area contributed by atoms with Crippen molar-refractivity contribution in [3.63, 3.8) is 0 Å². The van der Waals surface area contributed by atoms with Crippen LogP contribution in [0.2, 0.25) is 5.02 Å². The van der Waals surface area contributed by atoms with Crippen molar-refractivity contribution in [2.45, 2.75) is 24.0 Å². The number of alkyl halides is 3. The van der Waals surface area contributed by atoms with Gasteiger partial charge in [-0.05, 0) is 30.2 Å². The summed E-state index contributed by atoms with van der Waals surface area (Å²) in [5.74, 6) is 4.22. The van der Waals surface area contributed by atoms with E-state index in [4.69, 9.17) is 21.9 Å². The lowest BCUT2D eigenvalue weighted by Crippen LogP contribution is -2.21. The second kappa shape index (κ2) is 6.26. The molecule has 0 amide bonds. The van der Waals surface area contributed by atoms with Gasteiger partial charge in [0.05, 0.1) is 0 Å². The van der Waals surface area contributed by atoms with Crippen LogP contribution >= 0.6 is 23.4 Å². The van der Waals surface area contributed by atoms with Gasteiger partial charge in [-0.25, -0.2) is 9.47 Å². The lowest BCUT2D eigenvalue weighted by Gasteiger charge is -2.08. The Balaban J connectivity index is 1.95. The molecule has 0 aliphatic rings. The smallest absolute Gasteiger partial charge is 0.423 e. The molecule has 0 saturated carbocycles. The second-order valence-electron chi connectivity index (χ2n) is 5.15. The van der Waals surface area contributed by atoms with E-state index in [0.29, 0.717) is 26.2 Å². The van der Waals surface area contributed by atoms with Gasteiger partial charge in [-0.3, -0.25) is 0 Å². The predicted octanol–water partition coefficient (Wildman–Crippen LogP) is 3.37. The molecule has 11 heteroatoms. The Bertz CT molecular complexity index is 1020. The molecule has 2 N–H and O–H groups in total. The van der Waals surface area contributed by atoms with Crippen LogP contribution in [0.1, 0.15) is 17.0 Å². The summed E-state index contributed by atoms with van der Waals surface area (Å²) in [4.78, 5) is 11.7. The van der Waals surface area contributed by atoms with Gasteiger partial charge in [-0.2, -0.15) is 13.2 Å². The first-order valence-electron chi connectivity index (χ1n) is 6.80. The maximum absolute atomic E-state index is 12.7. The predicted molar refractivity (Wildman–Crippen MR) is 87.0 cm³/mol. The number of benzene rings is 1. The Labute approximate surface area is 147 Å². The van der Waals surface area contributed by atoms with Gasteiger partial charge in [0.2, 0.25) is 5.16 Å². The average Bonchev–Trinajstić information content (AvgIpc) is 2.87. The summed E-state index contributed by atoms with van der Waals surface area (Å²) >= 11 is 7.01. The Hall–Kier alpha value is -2.20. The van der Waals surface area contributed by atoms with Crippen molar-refractivity contribution in [2.24, 2.45) is 0 Å².